The summed E-state index contributed by atoms with van der Waals surface area (Å²) < 4.78 is 11.5. The van der Waals surface area contributed by atoms with E-state index in [1.807, 2.05) is 31.2 Å². The van der Waals surface area contributed by atoms with Crippen LogP contribution in [0.15, 0.2) is 48.5 Å². The van der Waals surface area contributed by atoms with E-state index in [0.29, 0.717) is 36.9 Å². The zero-order valence-corrected chi connectivity index (χ0v) is 14.3. The predicted octanol–water partition coefficient (Wildman–Crippen LogP) is 3.57. The van der Waals surface area contributed by atoms with Crippen molar-refractivity contribution in [3.05, 3.63) is 64.7 Å². The SMILES string of the molecule is Cc1ccc(OC[C@H]2CN(C(=O)c3ccc(Cl)cc3)CCO2)cc1. The molecule has 0 aliphatic carbocycles. The number of aryl methyl sites for hydroxylation is 1. The number of carbonyl (C=O) groups is 1. The van der Waals surface area contributed by atoms with Crippen LogP contribution in [-0.2, 0) is 4.74 Å². The van der Waals surface area contributed by atoms with Crippen LogP contribution in [0.25, 0.3) is 0 Å². The first-order valence-corrected chi connectivity index (χ1v) is 8.35. The van der Waals surface area contributed by atoms with Gasteiger partial charge in [-0.25, -0.2) is 0 Å². The van der Waals surface area contributed by atoms with Crippen molar-refractivity contribution in [2.75, 3.05) is 26.3 Å². The molecule has 1 aliphatic rings. The van der Waals surface area contributed by atoms with Gasteiger partial charge in [-0.3, -0.25) is 4.79 Å². The summed E-state index contributed by atoms with van der Waals surface area (Å²) in [4.78, 5) is 14.4. The maximum Gasteiger partial charge on any atom is 0.254 e. The summed E-state index contributed by atoms with van der Waals surface area (Å²) in [6.07, 6.45) is -0.128. The lowest BCUT2D eigenvalue weighted by Crippen LogP contribution is -2.47. The van der Waals surface area contributed by atoms with E-state index in [4.69, 9.17) is 21.1 Å². The lowest BCUT2D eigenvalue weighted by molar-refractivity contribution is -0.0401. The molecule has 1 fully saturated rings. The van der Waals surface area contributed by atoms with Gasteiger partial charge >= 0.3 is 0 Å². The monoisotopic (exact) mass is 345 g/mol. The predicted molar refractivity (Wildman–Crippen MR) is 93.8 cm³/mol. The van der Waals surface area contributed by atoms with Gasteiger partial charge in [0.25, 0.3) is 5.91 Å². The number of morpholine rings is 1. The first-order valence-electron chi connectivity index (χ1n) is 7.98. The summed E-state index contributed by atoms with van der Waals surface area (Å²) in [5.74, 6) is 0.806. The molecular weight excluding hydrogens is 326 g/mol. The summed E-state index contributed by atoms with van der Waals surface area (Å²) in [6, 6.07) is 14.8. The lowest BCUT2D eigenvalue weighted by Gasteiger charge is -2.33. The minimum Gasteiger partial charge on any atom is -0.491 e. The Morgan fingerprint density at radius 1 is 1.21 bits per heavy atom. The smallest absolute Gasteiger partial charge is 0.254 e. The van der Waals surface area contributed by atoms with Gasteiger partial charge in [0.2, 0.25) is 0 Å². The summed E-state index contributed by atoms with van der Waals surface area (Å²) in [6.45, 7) is 4.08. The molecule has 1 heterocycles. The zero-order chi connectivity index (χ0) is 16.9. The van der Waals surface area contributed by atoms with Crippen molar-refractivity contribution < 1.29 is 14.3 Å². The van der Waals surface area contributed by atoms with E-state index in [2.05, 4.69) is 0 Å². The van der Waals surface area contributed by atoms with Gasteiger partial charge in [0.15, 0.2) is 0 Å². The van der Waals surface area contributed by atoms with E-state index < -0.39 is 0 Å². The summed E-state index contributed by atoms with van der Waals surface area (Å²) in [5.41, 5.74) is 1.83. The van der Waals surface area contributed by atoms with Gasteiger partial charge in [-0.15, -0.1) is 0 Å². The third-order valence-corrected chi connectivity index (χ3v) is 4.23. The highest BCUT2D eigenvalue weighted by Gasteiger charge is 2.25. The second kappa shape index (κ2) is 7.69. The third-order valence-electron chi connectivity index (χ3n) is 3.97. The topological polar surface area (TPSA) is 38.8 Å². The van der Waals surface area contributed by atoms with E-state index >= 15 is 0 Å². The van der Waals surface area contributed by atoms with Crippen molar-refractivity contribution in [3.63, 3.8) is 0 Å². The summed E-state index contributed by atoms with van der Waals surface area (Å²) in [5, 5.41) is 0.623. The molecule has 1 amide bonds. The van der Waals surface area contributed by atoms with E-state index in [1.165, 1.54) is 5.56 Å². The largest absolute Gasteiger partial charge is 0.491 e. The van der Waals surface area contributed by atoms with Crippen LogP contribution < -0.4 is 4.74 Å². The number of halogens is 1. The fourth-order valence-electron chi connectivity index (χ4n) is 2.60. The molecule has 0 saturated carbocycles. The first kappa shape index (κ1) is 16.8. The molecule has 0 radical (unpaired) electrons. The molecule has 126 valence electrons. The maximum atomic E-state index is 12.6. The minimum absolute atomic E-state index is 0.00435. The number of benzene rings is 2. The van der Waals surface area contributed by atoms with Crippen LogP contribution in [0.4, 0.5) is 0 Å². The van der Waals surface area contributed by atoms with Gasteiger partial charge < -0.3 is 14.4 Å². The molecular formula is C19H20ClNO3. The van der Waals surface area contributed by atoms with Gasteiger partial charge in [-0.05, 0) is 43.3 Å². The summed E-state index contributed by atoms with van der Waals surface area (Å²) >= 11 is 5.87. The van der Waals surface area contributed by atoms with Crippen LogP contribution in [0, 0.1) is 6.92 Å². The molecule has 1 atom stereocenters. The van der Waals surface area contributed by atoms with Gasteiger partial charge in [-0.1, -0.05) is 29.3 Å². The van der Waals surface area contributed by atoms with Crippen LogP contribution in [0.2, 0.25) is 5.02 Å². The average molecular weight is 346 g/mol. The molecule has 0 N–H and O–H groups in total. The molecule has 5 heteroatoms. The molecule has 2 aromatic carbocycles. The lowest BCUT2D eigenvalue weighted by atomic mass is 10.1. The van der Waals surface area contributed by atoms with Crippen LogP contribution in [0.1, 0.15) is 15.9 Å². The van der Waals surface area contributed by atoms with Crippen molar-refractivity contribution in [3.8, 4) is 5.75 Å². The van der Waals surface area contributed by atoms with Crippen molar-refractivity contribution >= 4 is 17.5 Å². The number of hydrogen-bond acceptors (Lipinski definition) is 3. The first-order chi connectivity index (χ1) is 11.6. The van der Waals surface area contributed by atoms with Gasteiger partial charge in [-0.2, -0.15) is 0 Å². The Bertz CT molecular complexity index is 685. The normalized spacial score (nSPS) is 17.6. The molecule has 0 unspecified atom stereocenters. The van der Waals surface area contributed by atoms with Crippen LogP contribution in [0.3, 0.4) is 0 Å². The van der Waals surface area contributed by atoms with E-state index in [-0.39, 0.29) is 12.0 Å². The van der Waals surface area contributed by atoms with Gasteiger partial charge in [0.1, 0.15) is 18.5 Å². The zero-order valence-electron chi connectivity index (χ0n) is 13.6. The van der Waals surface area contributed by atoms with E-state index in [1.54, 1.807) is 29.2 Å². The van der Waals surface area contributed by atoms with Crippen molar-refractivity contribution in [2.24, 2.45) is 0 Å². The second-order valence-electron chi connectivity index (χ2n) is 5.87. The Labute approximate surface area is 146 Å². The van der Waals surface area contributed by atoms with Crippen LogP contribution in [-0.4, -0.2) is 43.2 Å². The minimum atomic E-state index is -0.128. The van der Waals surface area contributed by atoms with Gasteiger partial charge in [0.05, 0.1) is 13.2 Å². The van der Waals surface area contributed by atoms with Crippen LogP contribution in [0.5, 0.6) is 5.75 Å². The quantitative estimate of drug-likeness (QED) is 0.850. The molecule has 1 aliphatic heterocycles. The highest BCUT2D eigenvalue weighted by Crippen LogP contribution is 2.16. The Kier molecular flexibility index (Phi) is 5.38. The number of amides is 1. The van der Waals surface area contributed by atoms with Crippen molar-refractivity contribution in [2.45, 2.75) is 13.0 Å². The molecule has 2 aromatic rings. The molecule has 0 bridgehead atoms. The molecule has 3 rings (SSSR count). The standard InChI is InChI=1S/C19H20ClNO3/c1-14-2-8-17(9-3-14)24-13-18-12-21(10-11-23-18)19(22)15-4-6-16(20)7-5-15/h2-9,18H,10-13H2,1H3/t18-/m1/s1. The number of rotatable bonds is 4. The number of carbonyl (C=O) groups excluding carboxylic acids is 1. The highest BCUT2D eigenvalue weighted by atomic mass is 35.5. The number of nitrogens with zero attached hydrogens (tertiary/aromatic N) is 1. The van der Waals surface area contributed by atoms with Crippen molar-refractivity contribution in [1.82, 2.24) is 4.90 Å². The number of hydrogen-bond donors (Lipinski definition) is 0. The Balaban J connectivity index is 1.56. The van der Waals surface area contributed by atoms with E-state index in [0.717, 1.165) is 5.75 Å². The maximum absolute atomic E-state index is 12.6. The highest BCUT2D eigenvalue weighted by molar-refractivity contribution is 6.30. The second-order valence-corrected chi connectivity index (χ2v) is 6.31. The van der Waals surface area contributed by atoms with Crippen LogP contribution >= 0.6 is 11.6 Å². The third kappa shape index (κ3) is 4.28. The Morgan fingerprint density at radius 3 is 2.62 bits per heavy atom. The average Bonchev–Trinajstić information content (AvgIpc) is 2.61. The van der Waals surface area contributed by atoms with Gasteiger partial charge in [0, 0.05) is 17.1 Å². The van der Waals surface area contributed by atoms with E-state index in [9.17, 15) is 4.79 Å². The molecule has 1 saturated heterocycles. The fraction of sp³-hybridized carbons (Fsp3) is 0.316. The summed E-state index contributed by atoms with van der Waals surface area (Å²) in [7, 11) is 0. The number of ether oxygens (including phenoxy) is 2. The fourth-order valence-corrected chi connectivity index (χ4v) is 2.73. The Morgan fingerprint density at radius 2 is 1.92 bits per heavy atom. The molecule has 0 aromatic heterocycles. The Hall–Kier alpha value is -2.04. The van der Waals surface area contributed by atoms with Crippen molar-refractivity contribution in [1.29, 1.82) is 0 Å². The molecule has 0 spiro atoms. The molecule has 24 heavy (non-hydrogen) atoms. The molecule has 4 nitrogen and oxygen atoms in total.